The summed E-state index contributed by atoms with van der Waals surface area (Å²) >= 11 is 0. The Morgan fingerprint density at radius 3 is 1.40 bits per heavy atom. The second kappa shape index (κ2) is 38.7. The molecule has 0 fully saturated rings. The van der Waals surface area contributed by atoms with E-state index in [0.717, 1.165) is 25.7 Å². The van der Waals surface area contributed by atoms with Crippen LogP contribution in [0.4, 0.5) is 0 Å². The topological polar surface area (TPSA) is 99.1 Å². The summed E-state index contributed by atoms with van der Waals surface area (Å²) in [4.78, 5) is 36.8. The zero-order chi connectivity index (χ0) is 40.7. The first kappa shape index (κ1) is 52.8. The number of hydrogen-bond donors (Lipinski definition) is 1. The highest BCUT2D eigenvalue weighted by Crippen LogP contribution is 2.15. The Kier molecular flexibility index (Phi) is 37.1. The number of carbonyl (C=O) groups is 3. The van der Waals surface area contributed by atoms with Crippen molar-refractivity contribution in [2.24, 2.45) is 0 Å². The number of carboxylic acid groups (broad SMARTS) is 1. The van der Waals surface area contributed by atoms with Crippen LogP contribution in [0.1, 0.15) is 206 Å². The zero-order valence-electron chi connectivity index (χ0n) is 36.6. The van der Waals surface area contributed by atoms with E-state index >= 15 is 0 Å². The van der Waals surface area contributed by atoms with Crippen LogP contribution in [0, 0.1) is 0 Å². The largest absolute Gasteiger partial charge is 0.477 e. The van der Waals surface area contributed by atoms with Crippen LogP contribution in [0.2, 0.25) is 0 Å². The van der Waals surface area contributed by atoms with Gasteiger partial charge in [-0.3, -0.25) is 9.59 Å². The summed E-state index contributed by atoms with van der Waals surface area (Å²) in [6.07, 6.45) is 42.6. The van der Waals surface area contributed by atoms with Gasteiger partial charge in [-0.2, -0.15) is 0 Å². The smallest absolute Gasteiger partial charge is 0.362 e. The fraction of sp³-hybridized carbons (Fsp3) is 0.851. The summed E-state index contributed by atoms with van der Waals surface area (Å²) in [6, 6.07) is -0.617. The van der Waals surface area contributed by atoms with Gasteiger partial charge in [0.05, 0.1) is 34.4 Å². The second-order valence-corrected chi connectivity index (χ2v) is 16.7. The molecule has 0 saturated carbocycles. The van der Waals surface area contributed by atoms with Gasteiger partial charge in [0.15, 0.2) is 12.1 Å². The predicted octanol–water partition coefficient (Wildman–Crippen LogP) is 12.5. The maximum absolute atomic E-state index is 12.7. The normalized spacial score (nSPS) is 13.1. The van der Waals surface area contributed by atoms with Gasteiger partial charge in [0, 0.05) is 19.3 Å². The molecule has 0 aliphatic heterocycles. The Morgan fingerprint density at radius 2 is 0.945 bits per heavy atom. The van der Waals surface area contributed by atoms with Gasteiger partial charge in [-0.25, -0.2) is 4.79 Å². The molecule has 0 aromatic heterocycles. The number of allylic oxidation sites excluding steroid dienone is 4. The average Bonchev–Trinajstić information content (AvgIpc) is 3.14. The molecule has 0 aliphatic carbocycles. The lowest BCUT2D eigenvalue weighted by molar-refractivity contribution is -0.887. The lowest BCUT2D eigenvalue weighted by Crippen LogP contribution is -2.50. The summed E-state index contributed by atoms with van der Waals surface area (Å²) in [5.41, 5.74) is 0. The molecule has 0 rings (SSSR count). The molecule has 0 spiro atoms. The number of carbonyl (C=O) groups excluding carboxylic acids is 2. The Morgan fingerprint density at radius 1 is 0.527 bits per heavy atom. The van der Waals surface area contributed by atoms with Gasteiger partial charge in [-0.05, 0) is 51.4 Å². The van der Waals surface area contributed by atoms with Crippen LogP contribution in [-0.2, 0) is 28.6 Å². The van der Waals surface area contributed by atoms with Crippen molar-refractivity contribution in [2.75, 3.05) is 41.0 Å². The average molecular weight is 779 g/mol. The molecule has 0 aliphatic rings. The van der Waals surface area contributed by atoms with E-state index in [1.807, 2.05) is 27.2 Å². The van der Waals surface area contributed by atoms with Gasteiger partial charge in [-0.15, -0.1) is 0 Å². The molecular weight excluding hydrogens is 691 g/mol. The molecule has 2 atom stereocenters. The quantitative estimate of drug-likeness (QED) is 0.0285. The van der Waals surface area contributed by atoms with Crippen molar-refractivity contribution in [3.05, 3.63) is 24.3 Å². The number of esters is 2. The number of aliphatic carboxylic acids is 1. The lowest BCUT2D eigenvalue weighted by atomic mass is 10.0. The van der Waals surface area contributed by atoms with Crippen molar-refractivity contribution in [3.63, 3.8) is 0 Å². The molecule has 2 unspecified atom stereocenters. The molecule has 0 amide bonds. The monoisotopic (exact) mass is 779 g/mol. The molecule has 0 bridgehead atoms. The van der Waals surface area contributed by atoms with Crippen LogP contribution in [0.3, 0.4) is 0 Å². The summed E-state index contributed by atoms with van der Waals surface area (Å²) in [7, 11) is 5.51. The van der Waals surface area contributed by atoms with E-state index in [1.54, 1.807) is 0 Å². The molecule has 322 valence electrons. The van der Waals surface area contributed by atoms with Crippen molar-refractivity contribution in [3.8, 4) is 0 Å². The number of ether oxygens (including phenoxy) is 3. The van der Waals surface area contributed by atoms with Crippen molar-refractivity contribution < 1.29 is 38.2 Å². The van der Waals surface area contributed by atoms with Crippen LogP contribution in [0.25, 0.3) is 0 Å². The molecule has 55 heavy (non-hydrogen) atoms. The summed E-state index contributed by atoms with van der Waals surface area (Å²) in [5.74, 6) is -1.53. The third-order valence-corrected chi connectivity index (χ3v) is 10.3. The van der Waals surface area contributed by atoms with E-state index in [-0.39, 0.29) is 42.7 Å². The fourth-order valence-corrected chi connectivity index (χ4v) is 6.75. The van der Waals surface area contributed by atoms with Crippen LogP contribution in [0.5, 0.6) is 0 Å². The highest BCUT2D eigenvalue weighted by Gasteiger charge is 2.31. The fourth-order valence-electron chi connectivity index (χ4n) is 6.75. The summed E-state index contributed by atoms with van der Waals surface area (Å²) in [6.45, 7) is 4.66. The molecule has 1 N–H and O–H groups in total. The van der Waals surface area contributed by atoms with Gasteiger partial charge in [0.1, 0.15) is 6.61 Å². The maximum Gasteiger partial charge on any atom is 0.362 e. The Balaban J connectivity index is 4.17. The number of nitrogens with zero attached hydrogens (tertiary/aromatic N) is 1. The van der Waals surface area contributed by atoms with E-state index in [0.29, 0.717) is 19.3 Å². The van der Waals surface area contributed by atoms with Crippen molar-refractivity contribution in [1.82, 2.24) is 0 Å². The van der Waals surface area contributed by atoms with Gasteiger partial charge in [-0.1, -0.05) is 160 Å². The number of hydrogen-bond acceptors (Lipinski definition) is 6. The van der Waals surface area contributed by atoms with Gasteiger partial charge >= 0.3 is 17.9 Å². The summed E-state index contributed by atoms with van der Waals surface area (Å²) < 4.78 is 17.2. The second-order valence-electron chi connectivity index (χ2n) is 16.7. The molecule has 8 heteroatoms. The number of likely N-dealkylation sites (N-methyl/N-ethyl adjacent to an activating group) is 1. The number of rotatable bonds is 41. The van der Waals surface area contributed by atoms with Crippen molar-refractivity contribution in [2.45, 2.75) is 219 Å². The number of unbranched alkanes of at least 4 members (excludes halogenated alkanes) is 23. The molecule has 0 heterocycles. The standard InChI is InChI=1S/C47H87NO7/c1-6-8-10-12-14-16-17-18-19-20-21-22-23-24-25-26-27-28-29-30-32-34-36-38-46(50)55-43(41-53-40-39-44(47(51)52)48(3,4)5)42-54-45(49)37-35-33-31-15-13-11-9-7-2/h24-25,31,33,43-44H,6-23,26-30,32,34-42H2,1-5H3/p+1/b25-24+,33-31+. The van der Waals surface area contributed by atoms with Crippen LogP contribution in [0.15, 0.2) is 24.3 Å². The lowest BCUT2D eigenvalue weighted by Gasteiger charge is -2.31. The van der Waals surface area contributed by atoms with E-state index in [4.69, 9.17) is 14.2 Å². The first-order chi connectivity index (χ1) is 26.6. The molecular formula is C47H88NO7+. The SMILES string of the molecule is CCCCCC/C=C/CCC(=O)OCC(COCCC(C(=O)O)[N+](C)(C)C)OC(=O)CCCCCCCCC/C=C/CCCCCCCCCCCCCC. The van der Waals surface area contributed by atoms with E-state index in [1.165, 1.54) is 141 Å². The van der Waals surface area contributed by atoms with Crippen LogP contribution in [-0.4, -0.2) is 80.6 Å². The molecule has 0 aromatic carbocycles. The zero-order valence-corrected chi connectivity index (χ0v) is 36.6. The van der Waals surface area contributed by atoms with Crippen molar-refractivity contribution >= 4 is 17.9 Å². The minimum atomic E-state index is -0.879. The predicted molar refractivity (Wildman–Crippen MR) is 229 cm³/mol. The van der Waals surface area contributed by atoms with E-state index in [2.05, 4.69) is 32.1 Å². The minimum Gasteiger partial charge on any atom is -0.477 e. The molecule has 0 aromatic rings. The minimum absolute atomic E-state index is 0.0504. The summed E-state index contributed by atoms with van der Waals surface area (Å²) in [5, 5.41) is 9.60. The first-order valence-electron chi connectivity index (χ1n) is 22.9. The maximum atomic E-state index is 12.7. The van der Waals surface area contributed by atoms with E-state index < -0.39 is 18.1 Å². The third kappa shape index (κ3) is 37.2. The van der Waals surface area contributed by atoms with Gasteiger partial charge in [0.25, 0.3) is 0 Å². The number of carboxylic acids is 1. The Hall–Kier alpha value is -2.19. The Bertz CT molecular complexity index is 957. The molecule has 8 nitrogen and oxygen atoms in total. The molecule has 0 saturated heterocycles. The van der Waals surface area contributed by atoms with E-state index in [9.17, 15) is 19.5 Å². The van der Waals surface area contributed by atoms with Gasteiger partial charge < -0.3 is 23.8 Å². The van der Waals surface area contributed by atoms with Gasteiger partial charge in [0.2, 0.25) is 0 Å². The number of quaternary nitrogens is 1. The van der Waals surface area contributed by atoms with Crippen molar-refractivity contribution in [1.29, 1.82) is 0 Å². The highest BCUT2D eigenvalue weighted by atomic mass is 16.6. The van der Waals surface area contributed by atoms with Crippen LogP contribution >= 0.6 is 0 Å². The molecule has 0 radical (unpaired) electrons. The van der Waals surface area contributed by atoms with Crippen LogP contribution < -0.4 is 0 Å². The Labute approximate surface area is 339 Å². The first-order valence-corrected chi connectivity index (χ1v) is 22.9. The third-order valence-electron chi connectivity index (χ3n) is 10.3. The highest BCUT2D eigenvalue weighted by molar-refractivity contribution is 5.72.